The molecule has 1 atom stereocenters. The van der Waals surface area contributed by atoms with Crippen molar-refractivity contribution in [1.29, 1.82) is 0 Å². The maximum Gasteiger partial charge on any atom is 0.244 e. The Morgan fingerprint density at radius 2 is 1.84 bits per heavy atom. The van der Waals surface area contributed by atoms with Gasteiger partial charge in [0.1, 0.15) is 0 Å². The molecule has 0 aliphatic carbocycles. The molecule has 2 aromatic rings. The van der Waals surface area contributed by atoms with Gasteiger partial charge < -0.3 is 5.32 Å². The van der Waals surface area contributed by atoms with Crippen molar-refractivity contribution in [2.24, 2.45) is 5.92 Å². The summed E-state index contributed by atoms with van der Waals surface area (Å²) in [5.41, 5.74) is 3.14. The van der Waals surface area contributed by atoms with Crippen molar-refractivity contribution in [2.45, 2.75) is 37.8 Å². The molecule has 0 saturated carbocycles. The number of nitrogens with zero attached hydrogens (tertiary/aromatic N) is 1. The van der Waals surface area contributed by atoms with Crippen LogP contribution in [-0.4, -0.2) is 39.4 Å². The van der Waals surface area contributed by atoms with Gasteiger partial charge in [-0.15, -0.1) is 0 Å². The zero-order chi connectivity index (χ0) is 22.3. The first kappa shape index (κ1) is 23.2. The molecular formula is C24H31N3O3S. The third-order valence-corrected chi connectivity index (χ3v) is 7.02. The zero-order valence-electron chi connectivity index (χ0n) is 18.2. The van der Waals surface area contributed by atoms with E-state index in [0.717, 1.165) is 36.7 Å². The van der Waals surface area contributed by atoms with Crippen LogP contribution in [0.2, 0.25) is 0 Å². The van der Waals surface area contributed by atoms with E-state index >= 15 is 0 Å². The minimum absolute atomic E-state index is 0.187. The number of likely N-dealkylation sites (tertiary alicyclic amines) is 1. The highest BCUT2D eigenvalue weighted by molar-refractivity contribution is 7.89. The Morgan fingerprint density at radius 3 is 2.52 bits per heavy atom. The predicted octanol–water partition coefficient (Wildman–Crippen LogP) is 3.16. The molecule has 3 rings (SSSR count). The largest absolute Gasteiger partial charge is 0.348 e. The minimum atomic E-state index is -3.46. The summed E-state index contributed by atoms with van der Waals surface area (Å²) in [6, 6.07) is 14.6. The number of benzene rings is 2. The lowest BCUT2D eigenvalue weighted by Gasteiger charge is -2.31. The maximum atomic E-state index is 12.3. The van der Waals surface area contributed by atoms with Gasteiger partial charge in [-0.1, -0.05) is 43.3 Å². The van der Waals surface area contributed by atoms with Crippen LogP contribution in [0, 0.1) is 5.92 Å². The van der Waals surface area contributed by atoms with Crippen LogP contribution in [0.3, 0.4) is 0 Å². The normalized spacial score (nSPS) is 17.7. The quantitative estimate of drug-likeness (QED) is 0.617. The van der Waals surface area contributed by atoms with Crippen LogP contribution in [0.15, 0.2) is 59.5 Å². The van der Waals surface area contributed by atoms with Crippen molar-refractivity contribution < 1.29 is 13.2 Å². The smallest absolute Gasteiger partial charge is 0.244 e. The summed E-state index contributed by atoms with van der Waals surface area (Å²) in [6.45, 7) is 5.94. The number of rotatable bonds is 8. The van der Waals surface area contributed by atoms with Crippen molar-refractivity contribution in [3.8, 4) is 0 Å². The van der Waals surface area contributed by atoms with Crippen molar-refractivity contribution in [3.05, 3.63) is 71.3 Å². The summed E-state index contributed by atoms with van der Waals surface area (Å²) in [7, 11) is -2.09. The first-order valence-electron chi connectivity index (χ1n) is 10.7. The lowest BCUT2D eigenvalue weighted by atomic mass is 9.99. The van der Waals surface area contributed by atoms with Gasteiger partial charge in [0.2, 0.25) is 15.9 Å². The van der Waals surface area contributed by atoms with Gasteiger partial charge in [-0.3, -0.25) is 9.69 Å². The fraction of sp³-hybridized carbons (Fsp3) is 0.375. The van der Waals surface area contributed by atoms with Crippen LogP contribution in [0.5, 0.6) is 0 Å². The molecule has 7 heteroatoms. The van der Waals surface area contributed by atoms with Gasteiger partial charge in [-0.05, 0) is 67.3 Å². The maximum absolute atomic E-state index is 12.3. The number of carbonyl (C=O) groups excluding carboxylic acids is 1. The highest BCUT2D eigenvalue weighted by Gasteiger charge is 2.17. The minimum Gasteiger partial charge on any atom is -0.348 e. The first-order valence-corrected chi connectivity index (χ1v) is 12.1. The van der Waals surface area contributed by atoms with Crippen molar-refractivity contribution in [2.75, 3.05) is 20.1 Å². The topological polar surface area (TPSA) is 78.5 Å². The molecule has 1 aliphatic heterocycles. The van der Waals surface area contributed by atoms with Crippen LogP contribution in [0.1, 0.15) is 36.5 Å². The number of nitrogens with one attached hydrogen (secondary N) is 2. The molecule has 31 heavy (non-hydrogen) atoms. The van der Waals surface area contributed by atoms with E-state index in [1.165, 1.54) is 43.7 Å². The van der Waals surface area contributed by atoms with Gasteiger partial charge in [0, 0.05) is 25.7 Å². The van der Waals surface area contributed by atoms with E-state index in [2.05, 4.69) is 34.0 Å². The lowest BCUT2D eigenvalue weighted by molar-refractivity contribution is -0.116. The molecule has 0 radical (unpaired) electrons. The molecule has 6 nitrogen and oxygen atoms in total. The summed E-state index contributed by atoms with van der Waals surface area (Å²) in [5, 5.41) is 2.95. The van der Waals surface area contributed by atoms with E-state index < -0.39 is 10.0 Å². The van der Waals surface area contributed by atoms with Crippen molar-refractivity contribution in [1.82, 2.24) is 14.9 Å². The lowest BCUT2D eigenvalue weighted by Crippen LogP contribution is -2.34. The second-order valence-corrected chi connectivity index (χ2v) is 9.97. The number of sulfonamides is 1. The monoisotopic (exact) mass is 441 g/mol. The van der Waals surface area contributed by atoms with Gasteiger partial charge >= 0.3 is 0 Å². The molecule has 0 bridgehead atoms. The third-order valence-electron chi connectivity index (χ3n) is 5.59. The molecule has 1 amide bonds. The molecule has 1 fully saturated rings. The van der Waals surface area contributed by atoms with E-state index in [0.29, 0.717) is 6.54 Å². The van der Waals surface area contributed by atoms with E-state index in [-0.39, 0.29) is 10.8 Å². The number of amides is 1. The van der Waals surface area contributed by atoms with E-state index in [4.69, 9.17) is 0 Å². The average molecular weight is 442 g/mol. The Kier molecular flexibility index (Phi) is 8.01. The molecule has 1 aliphatic rings. The van der Waals surface area contributed by atoms with Crippen molar-refractivity contribution >= 4 is 22.0 Å². The average Bonchev–Trinajstić information content (AvgIpc) is 2.77. The van der Waals surface area contributed by atoms with Gasteiger partial charge in [0.25, 0.3) is 0 Å². The van der Waals surface area contributed by atoms with Gasteiger partial charge in [0.05, 0.1) is 4.90 Å². The van der Waals surface area contributed by atoms with E-state index in [1.807, 2.05) is 12.1 Å². The summed E-state index contributed by atoms with van der Waals surface area (Å²) < 4.78 is 25.8. The van der Waals surface area contributed by atoms with Crippen LogP contribution in [-0.2, 0) is 27.9 Å². The fourth-order valence-electron chi connectivity index (χ4n) is 3.84. The molecule has 1 heterocycles. The van der Waals surface area contributed by atoms with Gasteiger partial charge in [-0.25, -0.2) is 13.1 Å². The summed E-state index contributed by atoms with van der Waals surface area (Å²) in [4.78, 5) is 15.0. The van der Waals surface area contributed by atoms with E-state index in [9.17, 15) is 13.2 Å². The molecule has 166 valence electrons. The summed E-state index contributed by atoms with van der Waals surface area (Å²) >= 11 is 0. The summed E-state index contributed by atoms with van der Waals surface area (Å²) in [6.07, 6.45) is 5.68. The molecule has 1 saturated heterocycles. The highest BCUT2D eigenvalue weighted by atomic mass is 32.2. The summed E-state index contributed by atoms with van der Waals surface area (Å²) in [5.74, 6) is 0.548. The van der Waals surface area contributed by atoms with Gasteiger partial charge in [0.15, 0.2) is 0 Å². The molecule has 2 N–H and O–H groups in total. The molecule has 0 aromatic heterocycles. The fourth-order valence-corrected chi connectivity index (χ4v) is 4.57. The Hall–Kier alpha value is -2.48. The van der Waals surface area contributed by atoms with Gasteiger partial charge in [-0.2, -0.15) is 0 Å². The molecule has 0 spiro atoms. The Labute approximate surface area is 185 Å². The molecule has 2 aromatic carbocycles. The number of piperidine rings is 1. The second kappa shape index (κ2) is 10.7. The van der Waals surface area contributed by atoms with Crippen LogP contribution in [0.25, 0.3) is 6.08 Å². The molecule has 1 unspecified atom stereocenters. The Balaban J connectivity index is 1.56. The van der Waals surface area contributed by atoms with Crippen LogP contribution < -0.4 is 10.0 Å². The second-order valence-electron chi connectivity index (χ2n) is 8.08. The highest BCUT2D eigenvalue weighted by Crippen LogP contribution is 2.19. The van der Waals surface area contributed by atoms with Crippen LogP contribution >= 0.6 is 0 Å². The first-order chi connectivity index (χ1) is 14.9. The molecular weight excluding hydrogens is 410 g/mol. The van der Waals surface area contributed by atoms with Crippen molar-refractivity contribution in [3.63, 3.8) is 0 Å². The SMILES string of the molecule is CNS(=O)(=O)c1ccc(/C=C/C(=O)NCc2ccccc2CN2CCCC(C)C2)cc1. The number of carbonyl (C=O) groups is 1. The van der Waals surface area contributed by atoms with E-state index in [1.54, 1.807) is 18.2 Å². The Bertz CT molecular complexity index is 1020. The standard InChI is InChI=1S/C24H31N3O3S/c1-19-6-5-15-27(17-19)18-22-8-4-3-7-21(22)16-26-24(28)14-11-20-9-12-23(13-10-20)31(29,30)25-2/h3-4,7-14,19,25H,5-6,15-18H2,1-2H3,(H,26,28)/b14-11+. The van der Waals surface area contributed by atoms with Crippen LogP contribution in [0.4, 0.5) is 0 Å². The third kappa shape index (κ3) is 6.75. The number of hydrogen-bond acceptors (Lipinski definition) is 4. The predicted molar refractivity (Wildman–Crippen MR) is 124 cm³/mol. The number of hydrogen-bond donors (Lipinski definition) is 2. The zero-order valence-corrected chi connectivity index (χ0v) is 19.0. The Morgan fingerprint density at radius 1 is 1.13 bits per heavy atom.